The Hall–Kier alpha value is -2.88. The van der Waals surface area contributed by atoms with E-state index < -0.39 is 17.9 Å². The summed E-state index contributed by atoms with van der Waals surface area (Å²) in [5.74, 6) is -2.84. The Morgan fingerprint density at radius 1 is 0.826 bits per heavy atom. The number of carboxylic acid groups (broad SMARTS) is 2. The van der Waals surface area contributed by atoms with Crippen molar-refractivity contribution >= 4 is 11.9 Å². The second-order valence-corrected chi connectivity index (χ2v) is 5.32. The quantitative estimate of drug-likeness (QED) is 0.770. The fourth-order valence-electron chi connectivity index (χ4n) is 2.58. The van der Waals surface area contributed by atoms with E-state index in [1.165, 1.54) is 0 Å². The van der Waals surface area contributed by atoms with Gasteiger partial charge in [0, 0.05) is 11.6 Å². The Balaban J connectivity index is 2.33. The second-order valence-electron chi connectivity index (χ2n) is 5.32. The first-order valence-corrected chi connectivity index (χ1v) is 7.32. The van der Waals surface area contributed by atoms with Crippen LogP contribution in [0.4, 0.5) is 0 Å². The van der Waals surface area contributed by atoms with Gasteiger partial charge in [0.25, 0.3) is 0 Å². The molecule has 118 valence electrons. The van der Waals surface area contributed by atoms with Crippen molar-refractivity contribution in [1.82, 2.24) is 0 Å². The number of carboxylic acids is 2. The van der Waals surface area contributed by atoms with Gasteiger partial charge >= 0.3 is 11.9 Å². The minimum atomic E-state index is -1.24. The molecule has 0 heterocycles. The zero-order chi connectivity index (χ0) is 16.7. The third kappa shape index (κ3) is 5.11. The summed E-state index contributed by atoms with van der Waals surface area (Å²) in [6, 6.07) is 19.0. The minimum Gasteiger partial charge on any atom is -0.478 e. The maximum absolute atomic E-state index is 11.5. The summed E-state index contributed by atoms with van der Waals surface area (Å²) in [7, 11) is 0. The van der Waals surface area contributed by atoms with Gasteiger partial charge in [-0.05, 0) is 29.9 Å². The van der Waals surface area contributed by atoms with E-state index in [1.54, 1.807) is 0 Å². The van der Waals surface area contributed by atoms with Gasteiger partial charge in [0.05, 0.1) is 0 Å². The fourth-order valence-corrected chi connectivity index (χ4v) is 2.58. The monoisotopic (exact) mass is 310 g/mol. The highest BCUT2D eigenvalue weighted by molar-refractivity contribution is 5.95. The lowest BCUT2D eigenvalue weighted by Gasteiger charge is -2.18. The van der Waals surface area contributed by atoms with Crippen LogP contribution in [0.5, 0.6) is 0 Å². The van der Waals surface area contributed by atoms with Crippen LogP contribution < -0.4 is 0 Å². The first-order chi connectivity index (χ1) is 11.1. The van der Waals surface area contributed by atoms with E-state index in [2.05, 4.69) is 0 Å². The van der Waals surface area contributed by atoms with Crippen molar-refractivity contribution in [2.45, 2.75) is 12.8 Å². The molecule has 4 nitrogen and oxygen atoms in total. The van der Waals surface area contributed by atoms with Gasteiger partial charge in [-0.25, -0.2) is 9.59 Å². The molecular formula is C19H18O4. The van der Waals surface area contributed by atoms with Crippen LogP contribution >= 0.6 is 0 Å². The number of aliphatic carboxylic acids is 2. The van der Waals surface area contributed by atoms with E-state index in [9.17, 15) is 14.7 Å². The highest BCUT2D eigenvalue weighted by Gasteiger charge is 2.22. The Morgan fingerprint density at radius 3 is 1.61 bits per heavy atom. The maximum atomic E-state index is 11.5. The van der Waals surface area contributed by atoms with Crippen molar-refractivity contribution in [2.75, 3.05) is 0 Å². The molecule has 2 N–H and O–H groups in total. The number of hydrogen-bond acceptors (Lipinski definition) is 2. The van der Waals surface area contributed by atoms with Gasteiger partial charge in [0.15, 0.2) is 0 Å². The van der Waals surface area contributed by atoms with E-state index in [1.807, 2.05) is 60.7 Å². The van der Waals surface area contributed by atoms with Crippen molar-refractivity contribution in [3.8, 4) is 0 Å². The molecule has 0 radical (unpaired) electrons. The van der Waals surface area contributed by atoms with Crippen molar-refractivity contribution in [3.05, 3.63) is 83.4 Å². The molecule has 0 aromatic heterocycles. The average molecular weight is 310 g/mol. The number of hydrogen-bond donors (Lipinski definition) is 2. The highest BCUT2D eigenvalue weighted by Crippen LogP contribution is 2.22. The van der Waals surface area contributed by atoms with Crippen molar-refractivity contribution in [1.29, 1.82) is 0 Å². The van der Waals surface area contributed by atoms with E-state index >= 15 is 0 Å². The molecule has 2 aromatic rings. The number of benzene rings is 2. The molecule has 4 heteroatoms. The van der Waals surface area contributed by atoms with Gasteiger partial charge in [-0.15, -0.1) is 0 Å². The summed E-state index contributed by atoms with van der Waals surface area (Å²) in [5.41, 5.74) is 1.88. The molecule has 0 amide bonds. The Kier molecular flexibility index (Phi) is 5.69. The van der Waals surface area contributed by atoms with E-state index in [0.717, 1.165) is 17.2 Å². The van der Waals surface area contributed by atoms with Crippen LogP contribution in [0.25, 0.3) is 0 Å². The van der Waals surface area contributed by atoms with Crippen LogP contribution in [0.2, 0.25) is 0 Å². The summed E-state index contributed by atoms with van der Waals surface area (Å²) in [5, 5.41) is 18.4. The molecule has 23 heavy (non-hydrogen) atoms. The Labute approximate surface area is 134 Å². The third-order valence-electron chi connectivity index (χ3n) is 3.62. The molecule has 0 unspecified atom stereocenters. The molecule has 0 spiro atoms. The summed E-state index contributed by atoms with van der Waals surface area (Å²) in [6.07, 6.45) is 1.75. The van der Waals surface area contributed by atoms with Gasteiger partial charge in [-0.2, -0.15) is 0 Å². The molecule has 0 aliphatic carbocycles. The largest absolute Gasteiger partial charge is 0.478 e. The average Bonchev–Trinajstić information content (AvgIpc) is 2.53. The lowest BCUT2D eigenvalue weighted by molar-refractivity contribution is -0.135. The smallest absolute Gasteiger partial charge is 0.332 e. The molecule has 0 aliphatic rings. The minimum absolute atomic E-state index is 0.0785. The summed E-state index contributed by atoms with van der Waals surface area (Å²) in [6.45, 7) is 0. The van der Waals surface area contributed by atoms with Gasteiger partial charge in [-0.3, -0.25) is 0 Å². The third-order valence-corrected chi connectivity index (χ3v) is 3.62. The van der Waals surface area contributed by atoms with E-state index in [4.69, 9.17) is 5.11 Å². The summed E-state index contributed by atoms with van der Waals surface area (Å²) >= 11 is 0. The number of carbonyl (C=O) groups is 2. The standard InChI is InChI=1S/C19H18O4/c20-18(21)13-17(19(22)23)16(11-14-7-3-1-4-8-14)12-15-9-5-2-6-10-15/h1-10,13,16H,11-12H2,(H,20,21)(H,22,23). The Bertz CT molecular complexity index is 648. The van der Waals surface area contributed by atoms with Gasteiger partial charge in [-0.1, -0.05) is 60.7 Å². The molecule has 2 rings (SSSR count). The molecule has 0 fully saturated rings. The topological polar surface area (TPSA) is 74.6 Å². The van der Waals surface area contributed by atoms with Crippen LogP contribution in [0.1, 0.15) is 11.1 Å². The van der Waals surface area contributed by atoms with Crippen molar-refractivity contribution in [3.63, 3.8) is 0 Å². The molecule has 0 saturated heterocycles. The van der Waals surface area contributed by atoms with Crippen molar-refractivity contribution < 1.29 is 19.8 Å². The fraction of sp³-hybridized carbons (Fsp3) is 0.158. The molecule has 2 aromatic carbocycles. The van der Waals surface area contributed by atoms with Gasteiger partial charge in [0.1, 0.15) is 0 Å². The molecule has 0 bridgehead atoms. The molecule has 0 saturated carbocycles. The molecular weight excluding hydrogens is 292 g/mol. The van der Waals surface area contributed by atoms with Gasteiger partial charge < -0.3 is 10.2 Å². The van der Waals surface area contributed by atoms with E-state index in [0.29, 0.717) is 12.8 Å². The highest BCUT2D eigenvalue weighted by atomic mass is 16.4. The molecule has 0 atom stereocenters. The van der Waals surface area contributed by atoms with Crippen LogP contribution in [-0.4, -0.2) is 22.2 Å². The van der Waals surface area contributed by atoms with Crippen LogP contribution in [0.15, 0.2) is 72.3 Å². The zero-order valence-electron chi connectivity index (χ0n) is 12.6. The normalized spacial score (nSPS) is 11.4. The zero-order valence-corrected chi connectivity index (χ0v) is 12.6. The van der Waals surface area contributed by atoms with Crippen LogP contribution in [-0.2, 0) is 22.4 Å². The van der Waals surface area contributed by atoms with Crippen LogP contribution in [0.3, 0.4) is 0 Å². The van der Waals surface area contributed by atoms with Gasteiger partial charge in [0.2, 0.25) is 0 Å². The first kappa shape index (κ1) is 16.5. The first-order valence-electron chi connectivity index (χ1n) is 7.32. The van der Waals surface area contributed by atoms with E-state index in [-0.39, 0.29) is 5.57 Å². The van der Waals surface area contributed by atoms with Crippen molar-refractivity contribution in [2.24, 2.45) is 5.92 Å². The number of rotatable bonds is 7. The SMILES string of the molecule is O=C(O)C=C(C(=O)O)C(Cc1ccccc1)Cc1ccccc1. The molecule has 0 aliphatic heterocycles. The van der Waals surface area contributed by atoms with Crippen LogP contribution in [0, 0.1) is 5.92 Å². The predicted octanol–water partition coefficient (Wildman–Crippen LogP) is 3.18. The summed E-state index contributed by atoms with van der Waals surface area (Å²) < 4.78 is 0. The predicted molar refractivity (Wildman–Crippen MR) is 87.1 cm³/mol. The Morgan fingerprint density at radius 2 is 1.26 bits per heavy atom. The second kappa shape index (κ2) is 7.94. The lowest BCUT2D eigenvalue weighted by atomic mass is 9.86. The maximum Gasteiger partial charge on any atom is 0.332 e. The lowest BCUT2D eigenvalue weighted by Crippen LogP contribution is -2.19. The summed E-state index contributed by atoms with van der Waals surface area (Å²) in [4.78, 5) is 22.5.